The second-order valence-electron chi connectivity index (χ2n) is 8.60. The average Bonchev–Trinajstić information content (AvgIpc) is 2.90. The summed E-state index contributed by atoms with van der Waals surface area (Å²) in [4.78, 5) is 37.7. The van der Waals surface area contributed by atoms with E-state index in [0.717, 1.165) is 11.3 Å². The van der Waals surface area contributed by atoms with Gasteiger partial charge in [-0.2, -0.15) is 0 Å². The molecule has 36 heavy (non-hydrogen) atoms. The lowest BCUT2D eigenvalue weighted by Crippen LogP contribution is -2.27. The molecule has 4 aromatic rings. The van der Waals surface area contributed by atoms with Gasteiger partial charge in [-0.25, -0.2) is 14.4 Å². The molecule has 0 aliphatic carbocycles. The maximum Gasteiger partial charge on any atom is 0.303 e. The molecule has 0 aliphatic rings. The van der Waals surface area contributed by atoms with Crippen LogP contribution in [-0.4, -0.2) is 31.9 Å². The molecule has 0 bridgehead atoms. The number of nitrogens with zero attached hydrogens (tertiary/aromatic N) is 3. The molecule has 0 fully saturated rings. The van der Waals surface area contributed by atoms with Crippen LogP contribution in [-0.2, 0) is 17.9 Å². The molecule has 2 heterocycles. The van der Waals surface area contributed by atoms with E-state index in [1.54, 1.807) is 36.5 Å². The van der Waals surface area contributed by atoms with Gasteiger partial charge in [0.05, 0.1) is 34.2 Å². The first-order chi connectivity index (χ1) is 17.4. The van der Waals surface area contributed by atoms with Gasteiger partial charge in [-0.05, 0) is 62.1 Å². The third kappa shape index (κ3) is 6.07. The third-order valence-corrected chi connectivity index (χ3v) is 5.91. The number of aliphatic carboxylic acids is 1. The molecular formula is C28H27FN4O3. The van der Waals surface area contributed by atoms with Crippen LogP contribution in [0.5, 0.6) is 0 Å². The molecule has 8 heteroatoms. The van der Waals surface area contributed by atoms with E-state index in [-0.39, 0.29) is 18.4 Å². The lowest BCUT2D eigenvalue weighted by Gasteiger charge is -2.14. The Morgan fingerprint density at radius 1 is 1.00 bits per heavy atom. The number of nitrogens with one attached hydrogen (secondary N) is 1. The van der Waals surface area contributed by atoms with Gasteiger partial charge in [-0.3, -0.25) is 14.6 Å². The number of hydrogen-bond donors (Lipinski definition) is 2. The van der Waals surface area contributed by atoms with Crippen molar-refractivity contribution in [1.82, 2.24) is 20.3 Å². The molecular weight excluding hydrogens is 459 g/mol. The Hall–Kier alpha value is -4.20. The van der Waals surface area contributed by atoms with Crippen LogP contribution in [0.3, 0.4) is 0 Å². The average molecular weight is 487 g/mol. The minimum absolute atomic E-state index is 0.0836. The van der Waals surface area contributed by atoms with Crippen molar-refractivity contribution in [2.75, 3.05) is 0 Å². The lowest BCUT2D eigenvalue weighted by molar-refractivity contribution is -0.137. The molecule has 1 amide bonds. The minimum Gasteiger partial charge on any atom is -0.481 e. The van der Waals surface area contributed by atoms with Gasteiger partial charge in [0.25, 0.3) is 5.91 Å². The Labute approximate surface area is 208 Å². The number of aromatic nitrogens is 3. The van der Waals surface area contributed by atoms with Crippen molar-refractivity contribution in [3.8, 4) is 11.3 Å². The maximum atomic E-state index is 13.0. The monoisotopic (exact) mass is 486 g/mol. The van der Waals surface area contributed by atoms with Crippen molar-refractivity contribution in [2.45, 2.75) is 45.3 Å². The van der Waals surface area contributed by atoms with Crippen LogP contribution in [0.1, 0.15) is 59.5 Å². The van der Waals surface area contributed by atoms with E-state index < -0.39 is 12.6 Å². The molecule has 0 saturated carbocycles. The zero-order valence-electron chi connectivity index (χ0n) is 19.9. The first kappa shape index (κ1) is 24.9. The first-order valence-corrected chi connectivity index (χ1v) is 11.8. The van der Waals surface area contributed by atoms with Gasteiger partial charge in [0.2, 0.25) is 0 Å². The van der Waals surface area contributed by atoms with Gasteiger partial charge in [-0.1, -0.05) is 30.3 Å². The number of alkyl halides is 1. The molecule has 2 N–H and O–H groups in total. The van der Waals surface area contributed by atoms with E-state index in [9.17, 15) is 14.0 Å². The fraction of sp³-hybridized carbons (Fsp3) is 0.250. The summed E-state index contributed by atoms with van der Waals surface area (Å²) in [5.74, 6) is -1.08. The third-order valence-electron chi connectivity index (χ3n) is 5.91. The second-order valence-corrected chi connectivity index (χ2v) is 8.60. The van der Waals surface area contributed by atoms with Crippen LogP contribution in [0, 0.1) is 0 Å². The van der Waals surface area contributed by atoms with Crippen LogP contribution in [0.15, 0.2) is 66.9 Å². The molecule has 0 spiro atoms. The van der Waals surface area contributed by atoms with Crippen molar-refractivity contribution in [3.63, 3.8) is 0 Å². The van der Waals surface area contributed by atoms with Gasteiger partial charge < -0.3 is 10.4 Å². The molecule has 7 nitrogen and oxygen atoms in total. The fourth-order valence-electron chi connectivity index (χ4n) is 3.94. The van der Waals surface area contributed by atoms with E-state index in [2.05, 4.69) is 10.3 Å². The fourth-order valence-corrected chi connectivity index (χ4v) is 3.94. The molecule has 1 atom stereocenters. The van der Waals surface area contributed by atoms with Crippen LogP contribution < -0.4 is 5.32 Å². The van der Waals surface area contributed by atoms with Crippen molar-refractivity contribution < 1.29 is 19.1 Å². The molecule has 2 aromatic carbocycles. The summed E-state index contributed by atoms with van der Waals surface area (Å²) in [7, 11) is 0. The number of carbonyl (C=O) groups excluding carboxylic acids is 1. The summed E-state index contributed by atoms with van der Waals surface area (Å²) in [5.41, 5.74) is 5.18. The number of carbonyl (C=O) groups is 2. The van der Waals surface area contributed by atoms with Crippen molar-refractivity contribution in [3.05, 3.63) is 89.4 Å². The van der Waals surface area contributed by atoms with Crippen LogP contribution >= 0.6 is 0 Å². The number of benzene rings is 2. The summed E-state index contributed by atoms with van der Waals surface area (Å²) in [6.45, 7) is 1.33. The lowest BCUT2D eigenvalue weighted by atomic mass is 10.0. The topological polar surface area (TPSA) is 105 Å². The first-order valence-electron chi connectivity index (χ1n) is 11.8. The summed E-state index contributed by atoms with van der Waals surface area (Å²) in [5, 5.41) is 11.9. The second kappa shape index (κ2) is 11.5. The van der Waals surface area contributed by atoms with Gasteiger partial charge in [0.15, 0.2) is 0 Å². The van der Waals surface area contributed by atoms with Crippen LogP contribution in [0.4, 0.5) is 4.39 Å². The Morgan fingerprint density at radius 2 is 1.81 bits per heavy atom. The number of pyridine rings is 1. The Morgan fingerprint density at radius 3 is 2.50 bits per heavy atom. The number of unbranched alkanes of at least 4 members (excludes halogenated alkanes) is 1. The summed E-state index contributed by atoms with van der Waals surface area (Å²) < 4.78 is 13.0. The van der Waals surface area contributed by atoms with Crippen molar-refractivity contribution in [1.29, 1.82) is 0 Å². The standard InChI is InChI=1S/C28H27FN4O3/c1-18(22-6-4-5-15-30-22)31-28(36)21-13-14-23-25(16-21)32-24(7-2-3-8-26(34)35)27(33-23)20-11-9-19(17-29)10-12-20/h4-6,9-16,18H,2-3,7-8,17H2,1H3,(H,31,36)(H,34,35)/t18-/m0/s1. The zero-order valence-corrected chi connectivity index (χ0v) is 19.9. The maximum absolute atomic E-state index is 13.0. The smallest absolute Gasteiger partial charge is 0.303 e. The largest absolute Gasteiger partial charge is 0.481 e. The molecule has 184 valence electrons. The number of amides is 1. The number of hydrogen-bond acceptors (Lipinski definition) is 5. The Kier molecular flexibility index (Phi) is 7.95. The van der Waals surface area contributed by atoms with Gasteiger partial charge in [0, 0.05) is 23.7 Å². The van der Waals surface area contributed by atoms with E-state index in [1.807, 2.05) is 37.3 Å². The highest BCUT2D eigenvalue weighted by Gasteiger charge is 2.16. The number of fused-ring (bicyclic) bond motifs is 1. The SMILES string of the molecule is C[C@H](NC(=O)c1ccc2nc(-c3ccc(CF)cc3)c(CCCCC(=O)O)nc2c1)c1ccccn1. The number of rotatable bonds is 10. The molecule has 0 radical (unpaired) electrons. The van der Waals surface area contributed by atoms with Crippen LogP contribution in [0.2, 0.25) is 0 Å². The van der Waals surface area contributed by atoms with Gasteiger partial charge in [0.1, 0.15) is 6.67 Å². The highest BCUT2D eigenvalue weighted by molar-refractivity contribution is 5.97. The zero-order chi connectivity index (χ0) is 25.5. The van der Waals surface area contributed by atoms with Crippen molar-refractivity contribution in [2.24, 2.45) is 0 Å². The highest BCUT2D eigenvalue weighted by Crippen LogP contribution is 2.26. The number of carboxylic acid groups (broad SMARTS) is 1. The number of carboxylic acids is 1. The number of halogens is 1. The van der Waals surface area contributed by atoms with E-state index in [0.29, 0.717) is 52.8 Å². The van der Waals surface area contributed by atoms with E-state index in [4.69, 9.17) is 15.1 Å². The summed E-state index contributed by atoms with van der Waals surface area (Å²) >= 11 is 0. The molecule has 0 unspecified atom stereocenters. The van der Waals surface area contributed by atoms with Gasteiger partial charge in [-0.15, -0.1) is 0 Å². The van der Waals surface area contributed by atoms with E-state index >= 15 is 0 Å². The van der Waals surface area contributed by atoms with Crippen LogP contribution in [0.25, 0.3) is 22.3 Å². The molecule has 0 saturated heterocycles. The van der Waals surface area contributed by atoms with Crippen molar-refractivity contribution >= 4 is 22.9 Å². The molecule has 2 aromatic heterocycles. The Bertz CT molecular complexity index is 1360. The highest BCUT2D eigenvalue weighted by atomic mass is 19.1. The normalized spacial score (nSPS) is 11.8. The van der Waals surface area contributed by atoms with E-state index in [1.165, 1.54) is 0 Å². The predicted octanol–water partition coefficient (Wildman–Crippen LogP) is 5.45. The predicted molar refractivity (Wildman–Crippen MR) is 135 cm³/mol. The Balaban J connectivity index is 1.63. The van der Waals surface area contributed by atoms with Gasteiger partial charge >= 0.3 is 5.97 Å². The number of aryl methyl sites for hydroxylation is 1. The quantitative estimate of drug-likeness (QED) is 0.289. The summed E-state index contributed by atoms with van der Waals surface area (Å²) in [6.07, 6.45) is 3.45. The minimum atomic E-state index is -0.836. The molecule has 4 rings (SSSR count). The molecule has 0 aliphatic heterocycles. The summed E-state index contributed by atoms with van der Waals surface area (Å²) in [6, 6.07) is 17.5.